The molecule has 6 nitrogen and oxygen atoms in total. The fourth-order valence-electron chi connectivity index (χ4n) is 2.09. The van der Waals surface area contributed by atoms with Gasteiger partial charge in [-0.05, 0) is 24.6 Å². The average Bonchev–Trinajstić information content (AvgIpc) is 2.95. The normalized spacial score (nSPS) is 12.1. The summed E-state index contributed by atoms with van der Waals surface area (Å²) in [6.07, 6.45) is 3.28. The lowest BCUT2D eigenvalue weighted by atomic mass is 10.1. The Kier molecular flexibility index (Phi) is 3.69. The molecule has 0 aliphatic rings. The largest absolute Gasteiger partial charge is 0.331 e. The second kappa shape index (κ2) is 5.80. The molecule has 0 radical (unpaired) electrons. The van der Waals surface area contributed by atoms with Crippen LogP contribution < -0.4 is 10.6 Å². The first kappa shape index (κ1) is 14.0. The maximum Gasteiger partial charge on any atom is 0.320 e. The lowest BCUT2D eigenvalue weighted by molar-refractivity contribution is 0.249. The topological polar surface area (TPSA) is 82.7 Å². The Morgan fingerprint density at radius 3 is 2.82 bits per heavy atom. The molecule has 22 heavy (non-hydrogen) atoms. The molecule has 2 aromatic heterocycles. The van der Waals surface area contributed by atoms with Crippen molar-refractivity contribution in [3.8, 4) is 0 Å². The van der Waals surface area contributed by atoms with Gasteiger partial charge in [0.2, 0.25) is 0 Å². The van der Waals surface area contributed by atoms with Gasteiger partial charge in [-0.25, -0.2) is 14.2 Å². The van der Waals surface area contributed by atoms with E-state index >= 15 is 0 Å². The quantitative estimate of drug-likeness (QED) is 0.695. The molecule has 0 bridgehead atoms. The summed E-state index contributed by atoms with van der Waals surface area (Å²) >= 11 is 0. The summed E-state index contributed by atoms with van der Waals surface area (Å²) in [6.45, 7) is 1.82. The number of urea groups is 1. The molecule has 0 aliphatic heterocycles. The van der Waals surface area contributed by atoms with Gasteiger partial charge in [-0.2, -0.15) is 5.10 Å². The van der Waals surface area contributed by atoms with E-state index in [0.717, 1.165) is 16.5 Å². The highest BCUT2D eigenvalue weighted by atomic mass is 19.1. The fourth-order valence-corrected chi connectivity index (χ4v) is 2.09. The smallest absolute Gasteiger partial charge is 0.320 e. The van der Waals surface area contributed by atoms with Crippen LogP contribution in [0.25, 0.3) is 10.9 Å². The Balaban J connectivity index is 1.65. The van der Waals surface area contributed by atoms with Gasteiger partial charge in [0.1, 0.15) is 11.6 Å². The maximum absolute atomic E-state index is 12.9. The van der Waals surface area contributed by atoms with Crippen molar-refractivity contribution in [2.24, 2.45) is 0 Å². The lowest BCUT2D eigenvalue weighted by Crippen LogP contribution is -2.31. The number of hydrogen-bond donors (Lipinski definition) is 3. The molecular weight excluding hydrogens is 285 g/mol. The van der Waals surface area contributed by atoms with E-state index in [1.54, 1.807) is 30.6 Å². The van der Waals surface area contributed by atoms with Gasteiger partial charge in [0, 0.05) is 17.6 Å². The number of nitrogens with zero attached hydrogens (tertiary/aromatic N) is 2. The average molecular weight is 299 g/mol. The fraction of sp³-hybridized carbons (Fsp3) is 0.133. The van der Waals surface area contributed by atoms with Crippen LogP contribution in [-0.2, 0) is 0 Å². The van der Waals surface area contributed by atoms with Crippen LogP contribution in [0.2, 0.25) is 0 Å². The first-order chi connectivity index (χ1) is 10.6. The molecule has 2 amide bonds. The lowest BCUT2D eigenvalue weighted by Gasteiger charge is -2.14. The van der Waals surface area contributed by atoms with Crippen molar-refractivity contribution in [1.82, 2.24) is 20.5 Å². The van der Waals surface area contributed by atoms with Crippen molar-refractivity contribution in [1.29, 1.82) is 0 Å². The van der Waals surface area contributed by atoms with Crippen molar-refractivity contribution >= 4 is 22.8 Å². The zero-order valence-electron chi connectivity index (χ0n) is 11.8. The Hall–Kier alpha value is -2.96. The molecular formula is C15H14FN5O. The van der Waals surface area contributed by atoms with Crippen LogP contribution in [-0.4, -0.2) is 21.2 Å². The zero-order chi connectivity index (χ0) is 15.5. The van der Waals surface area contributed by atoms with Crippen LogP contribution in [0, 0.1) is 5.82 Å². The number of fused-ring (bicyclic) bond motifs is 1. The summed E-state index contributed by atoms with van der Waals surface area (Å²) in [5, 5.41) is 13.0. The van der Waals surface area contributed by atoms with Crippen LogP contribution in [0.5, 0.6) is 0 Å². The van der Waals surface area contributed by atoms with Crippen LogP contribution in [0.1, 0.15) is 18.5 Å². The Labute approximate surface area is 125 Å². The van der Waals surface area contributed by atoms with Gasteiger partial charge in [-0.15, -0.1) is 0 Å². The van der Waals surface area contributed by atoms with Gasteiger partial charge in [0.05, 0.1) is 17.8 Å². The number of anilines is 1. The van der Waals surface area contributed by atoms with E-state index in [0.29, 0.717) is 5.82 Å². The number of halogens is 1. The monoisotopic (exact) mass is 299 g/mol. The predicted octanol–water partition coefficient (Wildman–Crippen LogP) is 2.98. The van der Waals surface area contributed by atoms with Gasteiger partial charge < -0.3 is 5.32 Å². The first-order valence-electron chi connectivity index (χ1n) is 6.74. The Bertz CT molecular complexity index is 799. The second-order valence-electron chi connectivity index (χ2n) is 4.90. The highest BCUT2D eigenvalue weighted by Crippen LogP contribution is 2.15. The molecule has 3 rings (SSSR count). The van der Waals surface area contributed by atoms with Crippen molar-refractivity contribution in [3.63, 3.8) is 0 Å². The highest BCUT2D eigenvalue weighted by molar-refractivity contribution is 5.90. The summed E-state index contributed by atoms with van der Waals surface area (Å²) in [4.78, 5) is 16.1. The van der Waals surface area contributed by atoms with Crippen LogP contribution in [0.15, 0.2) is 42.7 Å². The molecule has 1 atom stereocenters. The third-order valence-electron chi connectivity index (χ3n) is 3.28. The van der Waals surface area contributed by atoms with Crippen molar-refractivity contribution in [2.45, 2.75) is 13.0 Å². The molecule has 2 heterocycles. The van der Waals surface area contributed by atoms with Crippen molar-refractivity contribution in [2.75, 3.05) is 5.32 Å². The molecule has 0 spiro atoms. The number of amides is 2. The molecule has 0 saturated carbocycles. The number of rotatable bonds is 3. The van der Waals surface area contributed by atoms with E-state index in [4.69, 9.17) is 0 Å². The summed E-state index contributed by atoms with van der Waals surface area (Å²) in [7, 11) is 0. The molecule has 1 unspecified atom stereocenters. The second-order valence-corrected chi connectivity index (χ2v) is 4.90. The summed E-state index contributed by atoms with van der Waals surface area (Å²) in [5.74, 6) is 0.109. The number of pyridine rings is 1. The van der Waals surface area contributed by atoms with Crippen molar-refractivity contribution < 1.29 is 9.18 Å². The summed E-state index contributed by atoms with van der Waals surface area (Å²) in [5.41, 5.74) is 1.60. The number of hydrogen-bond acceptors (Lipinski definition) is 3. The number of aromatic nitrogens is 3. The molecule has 0 fully saturated rings. The van der Waals surface area contributed by atoms with Crippen LogP contribution in [0.3, 0.4) is 0 Å². The van der Waals surface area contributed by atoms with Crippen LogP contribution >= 0.6 is 0 Å². The third kappa shape index (κ3) is 3.03. The predicted molar refractivity (Wildman–Crippen MR) is 80.9 cm³/mol. The molecule has 3 aromatic rings. The molecule has 7 heteroatoms. The third-order valence-corrected chi connectivity index (χ3v) is 3.28. The number of benzene rings is 1. The van der Waals surface area contributed by atoms with Gasteiger partial charge in [0.15, 0.2) is 0 Å². The van der Waals surface area contributed by atoms with Gasteiger partial charge in [0.25, 0.3) is 0 Å². The van der Waals surface area contributed by atoms with Crippen LogP contribution in [0.4, 0.5) is 15.0 Å². The maximum atomic E-state index is 12.9. The van der Waals surface area contributed by atoms with Gasteiger partial charge in [-0.3, -0.25) is 10.4 Å². The summed E-state index contributed by atoms with van der Waals surface area (Å²) < 4.78 is 12.9. The molecule has 0 saturated heterocycles. The number of aromatic amines is 1. The zero-order valence-corrected chi connectivity index (χ0v) is 11.8. The Morgan fingerprint density at radius 1 is 1.27 bits per heavy atom. The molecule has 1 aromatic carbocycles. The minimum absolute atomic E-state index is 0.253. The highest BCUT2D eigenvalue weighted by Gasteiger charge is 2.10. The Morgan fingerprint density at radius 2 is 2.05 bits per heavy atom. The number of nitrogens with one attached hydrogen (secondary N) is 3. The van der Waals surface area contributed by atoms with E-state index < -0.39 is 0 Å². The minimum Gasteiger partial charge on any atom is -0.331 e. The number of carbonyl (C=O) groups excluding carboxylic acids is 1. The molecule has 0 aliphatic carbocycles. The van der Waals surface area contributed by atoms with Gasteiger partial charge >= 0.3 is 6.03 Å². The molecule has 112 valence electrons. The van der Waals surface area contributed by atoms with E-state index in [1.807, 2.05) is 6.92 Å². The SMILES string of the molecule is CC(NC(=O)Nc1cc2[nH]ncc2cn1)c1ccc(F)cc1. The molecule has 3 N–H and O–H groups in total. The van der Waals surface area contributed by atoms with Crippen molar-refractivity contribution in [3.05, 3.63) is 54.1 Å². The minimum atomic E-state index is -0.386. The number of carbonyl (C=O) groups is 1. The van der Waals surface area contributed by atoms with E-state index in [9.17, 15) is 9.18 Å². The number of H-pyrrole nitrogens is 1. The van der Waals surface area contributed by atoms with E-state index in [2.05, 4.69) is 25.8 Å². The van der Waals surface area contributed by atoms with E-state index in [-0.39, 0.29) is 17.9 Å². The summed E-state index contributed by atoms with van der Waals surface area (Å²) in [6, 6.07) is 7.05. The van der Waals surface area contributed by atoms with Gasteiger partial charge in [-0.1, -0.05) is 12.1 Å². The first-order valence-corrected chi connectivity index (χ1v) is 6.74. The standard InChI is InChI=1S/C15H14FN5O/c1-9(10-2-4-12(16)5-3-10)19-15(22)20-14-6-13-11(7-17-14)8-18-21-13/h2-9H,1H3,(H,18,21)(H2,17,19,20,22). The van der Waals surface area contributed by atoms with E-state index in [1.165, 1.54) is 12.1 Å².